The molecule has 2 aliphatic rings. The van der Waals surface area contributed by atoms with Crippen LogP contribution in [0.1, 0.15) is 30.9 Å². The Kier molecular flexibility index (Phi) is 4.44. The molecule has 1 fully saturated rings. The molecule has 2 aromatic carbocycles. The van der Waals surface area contributed by atoms with Gasteiger partial charge in [-0.15, -0.1) is 0 Å². The van der Waals surface area contributed by atoms with E-state index in [0.717, 1.165) is 38.0 Å². The molecular weight excluding hydrogens is 340 g/mol. The van der Waals surface area contributed by atoms with Gasteiger partial charge in [0.05, 0.1) is 16.2 Å². The molecule has 0 N–H and O–H groups in total. The van der Waals surface area contributed by atoms with Gasteiger partial charge >= 0.3 is 0 Å². The second-order valence-electron chi connectivity index (χ2n) is 7.38. The van der Waals surface area contributed by atoms with Gasteiger partial charge in [-0.25, -0.2) is 0 Å². The van der Waals surface area contributed by atoms with Gasteiger partial charge in [0.1, 0.15) is 6.07 Å². The van der Waals surface area contributed by atoms with Crippen LogP contribution in [0.3, 0.4) is 0 Å². The van der Waals surface area contributed by atoms with Crippen LogP contribution in [0.5, 0.6) is 0 Å². The first kappa shape index (κ1) is 17.3. The molecule has 6 heteroatoms. The first-order valence-corrected chi connectivity index (χ1v) is 9.38. The number of hydrogen-bond donors (Lipinski definition) is 0. The van der Waals surface area contributed by atoms with Crippen molar-refractivity contribution in [2.45, 2.75) is 38.3 Å². The zero-order valence-electron chi connectivity index (χ0n) is 15.3. The van der Waals surface area contributed by atoms with Gasteiger partial charge in [0.15, 0.2) is 0 Å². The Balaban J connectivity index is 1.50. The number of nitro benzene ring substituents is 1. The maximum absolute atomic E-state index is 11.0. The van der Waals surface area contributed by atoms with Crippen molar-refractivity contribution in [1.29, 1.82) is 5.26 Å². The molecule has 6 nitrogen and oxygen atoms in total. The Morgan fingerprint density at radius 1 is 1.15 bits per heavy atom. The largest absolute Gasteiger partial charge is 0.370 e. The molecule has 0 spiro atoms. The Hall–Kier alpha value is -3.07. The van der Waals surface area contributed by atoms with Gasteiger partial charge in [0.2, 0.25) is 0 Å². The average molecular weight is 362 g/mol. The highest BCUT2D eigenvalue weighted by atomic mass is 16.6. The van der Waals surface area contributed by atoms with E-state index in [-0.39, 0.29) is 5.69 Å². The summed E-state index contributed by atoms with van der Waals surface area (Å²) in [5.74, 6) is 0. The number of non-ortho nitro benzene ring substituents is 1. The number of para-hydroxylation sites is 1. The fourth-order valence-corrected chi connectivity index (χ4v) is 4.53. The summed E-state index contributed by atoms with van der Waals surface area (Å²) >= 11 is 0. The summed E-state index contributed by atoms with van der Waals surface area (Å²) < 4.78 is 0. The third kappa shape index (κ3) is 3.10. The minimum atomic E-state index is -0.455. The second kappa shape index (κ2) is 6.92. The maximum atomic E-state index is 11.0. The Morgan fingerprint density at radius 2 is 1.89 bits per heavy atom. The van der Waals surface area contributed by atoms with Gasteiger partial charge in [-0.3, -0.25) is 10.1 Å². The first-order chi connectivity index (χ1) is 13.1. The van der Waals surface area contributed by atoms with Gasteiger partial charge in [-0.2, -0.15) is 5.26 Å². The lowest BCUT2D eigenvalue weighted by Crippen LogP contribution is -2.47. The van der Waals surface area contributed by atoms with Crippen LogP contribution in [0.4, 0.5) is 17.1 Å². The fourth-order valence-electron chi connectivity index (χ4n) is 4.53. The minimum absolute atomic E-state index is 0.0346. The molecule has 0 unspecified atom stereocenters. The summed E-state index contributed by atoms with van der Waals surface area (Å²) in [6, 6.07) is 16.3. The highest BCUT2D eigenvalue weighted by Crippen LogP contribution is 2.37. The predicted octanol–water partition coefficient (Wildman–Crippen LogP) is 3.89. The normalized spacial score (nSPS) is 19.6. The van der Waals surface area contributed by atoms with Crippen molar-refractivity contribution in [3.63, 3.8) is 0 Å². The summed E-state index contributed by atoms with van der Waals surface area (Å²) in [6.45, 7) is 3.99. The number of anilines is 2. The van der Waals surface area contributed by atoms with Crippen molar-refractivity contribution in [3.8, 4) is 6.07 Å². The molecule has 0 saturated carbocycles. The molecule has 138 valence electrons. The van der Waals surface area contributed by atoms with Crippen molar-refractivity contribution < 1.29 is 4.92 Å². The van der Waals surface area contributed by atoms with E-state index in [4.69, 9.17) is 0 Å². The molecule has 4 rings (SSSR count). The van der Waals surface area contributed by atoms with Gasteiger partial charge in [0.25, 0.3) is 5.69 Å². The molecule has 2 aliphatic heterocycles. The lowest BCUT2D eigenvalue weighted by molar-refractivity contribution is -0.384. The van der Waals surface area contributed by atoms with Crippen LogP contribution in [-0.2, 0) is 6.42 Å². The van der Waals surface area contributed by atoms with E-state index in [1.807, 2.05) is 0 Å². The standard InChI is InChI=1S/C21H22N4O2/c1-15-12-16-4-2-3-5-21(16)24(15)18-8-10-23(11-9-18)20-7-6-19(25(26)27)13-17(20)14-22/h2-7,13,15,18H,8-12H2,1H3/t15-/m0/s1. The topological polar surface area (TPSA) is 73.4 Å². The van der Waals surface area contributed by atoms with Gasteiger partial charge in [-0.1, -0.05) is 18.2 Å². The van der Waals surface area contributed by atoms with Crippen molar-refractivity contribution in [1.82, 2.24) is 0 Å². The summed E-state index contributed by atoms with van der Waals surface area (Å²) in [4.78, 5) is 15.2. The van der Waals surface area contributed by atoms with Crippen molar-refractivity contribution in [3.05, 3.63) is 63.7 Å². The Morgan fingerprint density at radius 3 is 2.59 bits per heavy atom. The minimum Gasteiger partial charge on any atom is -0.370 e. The smallest absolute Gasteiger partial charge is 0.270 e. The van der Waals surface area contributed by atoms with E-state index >= 15 is 0 Å². The molecule has 1 saturated heterocycles. The second-order valence-corrected chi connectivity index (χ2v) is 7.38. The Bertz CT molecular complexity index is 913. The van der Waals surface area contributed by atoms with Crippen LogP contribution in [0.2, 0.25) is 0 Å². The van der Waals surface area contributed by atoms with E-state index in [1.54, 1.807) is 6.07 Å². The quantitative estimate of drug-likeness (QED) is 0.612. The van der Waals surface area contributed by atoms with E-state index in [0.29, 0.717) is 17.6 Å². The van der Waals surface area contributed by atoms with Crippen LogP contribution >= 0.6 is 0 Å². The van der Waals surface area contributed by atoms with Crippen LogP contribution < -0.4 is 9.80 Å². The molecule has 0 aliphatic carbocycles. The van der Waals surface area contributed by atoms with Crippen molar-refractivity contribution in [2.75, 3.05) is 22.9 Å². The van der Waals surface area contributed by atoms with Crippen molar-refractivity contribution >= 4 is 17.1 Å². The number of fused-ring (bicyclic) bond motifs is 1. The van der Waals surface area contributed by atoms with Crippen LogP contribution in [0, 0.1) is 21.4 Å². The average Bonchev–Trinajstić information content (AvgIpc) is 3.03. The fraction of sp³-hybridized carbons (Fsp3) is 0.381. The van der Waals surface area contributed by atoms with E-state index in [1.165, 1.54) is 23.4 Å². The van der Waals surface area contributed by atoms with Crippen LogP contribution in [0.15, 0.2) is 42.5 Å². The third-order valence-electron chi connectivity index (χ3n) is 5.77. The zero-order valence-corrected chi connectivity index (χ0v) is 15.3. The van der Waals surface area contributed by atoms with E-state index < -0.39 is 4.92 Å². The summed E-state index contributed by atoms with van der Waals surface area (Å²) in [6.07, 6.45) is 3.12. The maximum Gasteiger partial charge on any atom is 0.270 e. The molecule has 27 heavy (non-hydrogen) atoms. The molecular formula is C21H22N4O2. The molecule has 0 aromatic heterocycles. The molecule has 0 amide bonds. The number of benzene rings is 2. The third-order valence-corrected chi connectivity index (χ3v) is 5.77. The highest BCUT2D eigenvalue weighted by molar-refractivity contribution is 5.64. The van der Waals surface area contributed by atoms with Gasteiger partial charge in [0, 0.05) is 43.0 Å². The Labute approximate surface area is 158 Å². The van der Waals surface area contributed by atoms with Crippen molar-refractivity contribution in [2.24, 2.45) is 0 Å². The number of piperidine rings is 1. The highest BCUT2D eigenvalue weighted by Gasteiger charge is 2.33. The monoisotopic (exact) mass is 362 g/mol. The molecule has 0 bridgehead atoms. The number of rotatable bonds is 3. The number of hydrogen-bond acceptors (Lipinski definition) is 5. The summed E-state index contributed by atoms with van der Waals surface area (Å²) in [5, 5.41) is 20.4. The number of nitro groups is 1. The molecule has 2 aromatic rings. The number of nitrogens with zero attached hydrogens (tertiary/aromatic N) is 4. The van der Waals surface area contributed by atoms with Gasteiger partial charge in [-0.05, 0) is 43.9 Å². The van der Waals surface area contributed by atoms with Crippen LogP contribution in [-0.4, -0.2) is 30.1 Å². The molecule has 1 atom stereocenters. The number of nitriles is 1. The lowest BCUT2D eigenvalue weighted by atomic mass is 10.00. The lowest BCUT2D eigenvalue weighted by Gasteiger charge is -2.41. The summed E-state index contributed by atoms with van der Waals surface area (Å²) in [7, 11) is 0. The first-order valence-electron chi connectivity index (χ1n) is 9.38. The van der Waals surface area contributed by atoms with E-state index in [9.17, 15) is 15.4 Å². The predicted molar refractivity (Wildman–Crippen MR) is 105 cm³/mol. The summed E-state index contributed by atoms with van der Waals surface area (Å²) in [5.41, 5.74) is 3.93. The SMILES string of the molecule is C[C@H]1Cc2ccccc2N1C1CCN(c2ccc([N+](=O)[O-])cc2C#N)CC1. The van der Waals surface area contributed by atoms with E-state index in [2.05, 4.69) is 47.1 Å². The molecule has 0 radical (unpaired) electrons. The zero-order chi connectivity index (χ0) is 19.0. The van der Waals surface area contributed by atoms with Gasteiger partial charge < -0.3 is 9.80 Å². The molecule has 2 heterocycles. The van der Waals surface area contributed by atoms with Crippen LogP contribution in [0.25, 0.3) is 0 Å².